The van der Waals surface area contributed by atoms with Crippen LogP contribution in [0.5, 0.6) is 17.2 Å². The molecule has 4 rings (SSSR count). The molecule has 3 aromatic carbocycles. The van der Waals surface area contributed by atoms with Gasteiger partial charge in [-0.3, -0.25) is 4.79 Å². The van der Waals surface area contributed by atoms with Gasteiger partial charge in [-0.05, 0) is 101 Å². The van der Waals surface area contributed by atoms with Crippen LogP contribution in [0.4, 0.5) is 0 Å². The van der Waals surface area contributed by atoms with E-state index in [2.05, 4.69) is 33.4 Å². The smallest absolute Gasteiger partial charge is 0.217 e. The van der Waals surface area contributed by atoms with Crippen molar-refractivity contribution in [3.05, 3.63) is 64.6 Å². The van der Waals surface area contributed by atoms with Crippen LogP contribution in [0.2, 0.25) is 0 Å². The highest BCUT2D eigenvalue weighted by Gasteiger charge is 2.16. The maximum absolute atomic E-state index is 11.3. The third-order valence-electron chi connectivity index (χ3n) is 5.74. The second-order valence-electron chi connectivity index (χ2n) is 8.26. The molecule has 1 unspecified atom stereocenters. The number of carbonyl (C=O) groups is 1. The van der Waals surface area contributed by atoms with E-state index in [4.69, 9.17) is 9.47 Å². The average molecular weight is 482 g/mol. The van der Waals surface area contributed by atoms with Gasteiger partial charge in [0, 0.05) is 6.92 Å². The summed E-state index contributed by atoms with van der Waals surface area (Å²) in [5, 5.41) is 5.13. The Bertz CT molecular complexity index is 1080. The zero-order valence-electron chi connectivity index (χ0n) is 18.0. The Hall–Kier alpha value is -2.53. The van der Waals surface area contributed by atoms with Gasteiger partial charge in [0.25, 0.3) is 0 Å². The highest BCUT2D eigenvalue weighted by Crippen LogP contribution is 2.35. The minimum absolute atomic E-state index is 0.0236. The number of hydrogen-bond acceptors (Lipinski definition) is 3. The van der Waals surface area contributed by atoms with E-state index in [1.165, 1.54) is 26.2 Å². The summed E-state index contributed by atoms with van der Waals surface area (Å²) in [5.41, 5.74) is 1.08. The fourth-order valence-corrected chi connectivity index (χ4v) is 4.55. The molecule has 0 heterocycles. The van der Waals surface area contributed by atoms with Gasteiger partial charge in [0.2, 0.25) is 5.91 Å². The van der Waals surface area contributed by atoms with Crippen LogP contribution in [0.3, 0.4) is 0 Å². The fourth-order valence-electron chi connectivity index (χ4n) is 4.10. The standard InChI is InChI=1S/C26H28BrNO3/c1-17(28-18(2)29)19-8-9-21-15-23(11-10-20(21)14-19)30-24-12-13-26(25(27)16-24)31-22-6-4-3-5-7-22/h8-17,22H,3-7H2,1-2H3,(H,28,29). The van der Waals surface area contributed by atoms with E-state index in [0.29, 0.717) is 6.10 Å². The van der Waals surface area contributed by atoms with Crippen molar-refractivity contribution in [3.8, 4) is 17.2 Å². The molecule has 0 saturated heterocycles. The van der Waals surface area contributed by atoms with Crippen LogP contribution in [0.1, 0.15) is 57.6 Å². The number of benzene rings is 3. The molecule has 5 heteroatoms. The molecular formula is C26H28BrNO3. The molecule has 0 spiro atoms. The molecular weight excluding hydrogens is 454 g/mol. The predicted octanol–water partition coefficient (Wildman–Crippen LogP) is 7.30. The molecule has 1 aliphatic carbocycles. The second-order valence-corrected chi connectivity index (χ2v) is 9.12. The summed E-state index contributed by atoms with van der Waals surface area (Å²) in [7, 11) is 0. The number of fused-ring (bicyclic) bond motifs is 1. The molecule has 1 saturated carbocycles. The van der Waals surface area contributed by atoms with Gasteiger partial charge in [-0.1, -0.05) is 24.6 Å². The minimum Gasteiger partial charge on any atom is -0.489 e. The van der Waals surface area contributed by atoms with Crippen molar-refractivity contribution in [1.82, 2.24) is 5.32 Å². The first-order valence-electron chi connectivity index (χ1n) is 10.9. The normalized spacial score (nSPS) is 15.5. The number of rotatable bonds is 6. The van der Waals surface area contributed by atoms with E-state index in [9.17, 15) is 4.79 Å². The minimum atomic E-state index is -0.0299. The molecule has 1 aliphatic rings. The zero-order chi connectivity index (χ0) is 21.8. The molecule has 1 N–H and O–H groups in total. The van der Waals surface area contributed by atoms with Crippen molar-refractivity contribution in [3.63, 3.8) is 0 Å². The summed E-state index contributed by atoms with van der Waals surface area (Å²) in [6.45, 7) is 3.52. The third kappa shape index (κ3) is 5.59. The molecule has 1 fully saturated rings. The van der Waals surface area contributed by atoms with Crippen LogP contribution in [0.15, 0.2) is 59.1 Å². The van der Waals surface area contributed by atoms with Gasteiger partial charge in [-0.25, -0.2) is 0 Å². The third-order valence-corrected chi connectivity index (χ3v) is 6.36. The molecule has 1 atom stereocenters. The van der Waals surface area contributed by atoms with Gasteiger partial charge in [0.05, 0.1) is 16.6 Å². The van der Waals surface area contributed by atoms with Crippen LogP contribution in [0.25, 0.3) is 10.8 Å². The summed E-state index contributed by atoms with van der Waals surface area (Å²) in [5.74, 6) is 2.39. The SMILES string of the molecule is CC(=O)NC(C)c1ccc2cc(Oc3ccc(OC4CCCCC4)c(Br)c3)ccc2c1. The van der Waals surface area contributed by atoms with E-state index >= 15 is 0 Å². The molecule has 162 valence electrons. The van der Waals surface area contributed by atoms with Crippen molar-refractivity contribution in [2.75, 3.05) is 0 Å². The molecule has 3 aromatic rings. The van der Waals surface area contributed by atoms with Crippen LogP contribution in [0, 0.1) is 0 Å². The lowest BCUT2D eigenvalue weighted by atomic mass is 9.98. The first-order valence-corrected chi connectivity index (χ1v) is 11.7. The van der Waals surface area contributed by atoms with Crippen molar-refractivity contribution in [2.45, 2.75) is 58.1 Å². The number of hydrogen-bond donors (Lipinski definition) is 1. The summed E-state index contributed by atoms with van der Waals surface area (Å²) in [6, 6.07) is 18.1. The molecule has 0 radical (unpaired) electrons. The van der Waals surface area contributed by atoms with Crippen LogP contribution < -0.4 is 14.8 Å². The van der Waals surface area contributed by atoms with Crippen LogP contribution in [-0.4, -0.2) is 12.0 Å². The van der Waals surface area contributed by atoms with Gasteiger partial charge >= 0.3 is 0 Å². The number of halogens is 1. The first kappa shape index (κ1) is 21.7. The number of nitrogens with one attached hydrogen (secondary N) is 1. The lowest BCUT2D eigenvalue weighted by molar-refractivity contribution is -0.119. The van der Waals surface area contributed by atoms with Gasteiger partial charge in [0.15, 0.2) is 0 Å². The highest BCUT2D eigenvalue weighted by atomic mass is 79.9. The van der Waals surface area contributed by atoms with Gasteiger partial charge in [0.1, 0.15) is 17.2 Å². The van der Waals surface area contributed by atoms with Crippen LogP contribution >= 0.6 is 15.9 Å². The summed E-state index contributed by atoms with van der Waals surface area (Å²) >= 11 is 3.63. The van der Waals surface area contributed by atoms with Crippen molar-refractivity contribution < 1.29 is 14.3 Å². The van der Waals surface area contributed by atoms with E-state index < -0.39 is 0 Å². The highest BCUT2D eigenvalue weighted by molar-refractivity contribution is 9.10. The molecule has 0 aliphatic heterocycles. The maximum Gasteiger partial charge on any atom is 0.217 e. The molecule has 0 bridgehead atoms. The Morgan fingerprint density at radius 3 is 2.39 bits per heavy atom. The Kier molecular flexibility index (Phi) is 6.81. The quantitative estimate of drug-likeness (QED) is 0.401. The fraction of sp³-hybridized carbons (Fsp3) is 0.346. The molecule has 31 heavy (non-hydrogen) atoms. The maximum atomic E-state index is 11.3. The lowest BCUT2D eigenvalue weighted by Crippen LogP contribution is -2.23. The summed E-state index contributed by atoms with van der Waals surface area (Å²) in [6.07, 6.45) is 6.39. The Morgan fingerprint density at radius 1 is 0.968 bits per heavy atom. The lowest BCUT2D eigenvalue weighted by Gasteiger charge is -2.23. The molecule has 4 nitrogen and oxygen atoms in total. The van der Waals surface area contributed by atoms with Gasteiger partial charge in [-0.2, -0.15) is 0 Å². The monoisotopic (exact) mass is 481 g/mol. The average Bonchev–Trinajstić information content (AvgIpc) is 2.75. The zero-order valence-corrected chi connectivity index (χ0v) is 19.6. The van der Waals surface area contributed by atoms with Crippen molar-refractivity contribution in [1.29, 1.82) is 0 Å². The Morgan fingerprint density at radius 2 is 1.65 bits per heavy atom. The van der Waals surface area contributed by atoms with E-state index in [1.807, 2.05) is 49.4 Å². The number of ether oxygens (including phenoxy) is 2. The predicted molar refractivity (Wildman–Crippen MR) is 128 cm³/mol. The van der Waals surface area contributed by atoms with Gasteiger partial charge in [-0.15, -0.1) is 0 Å². The molecule has 0 aromatic heterocycles. The topological polar surface area (TPSA) is 47.6 Å². The van der Waals surface area contributed by atoms with E-state index in [0.717, 1.165) is 50.9 Å². The largest absolute Gasteiger partial charge is 0.489 e. The van der Waals surface area contributed by atoms with E-state index in [-0.39, 0.29) is 11.9 Å². The van der Waals surface area contributed by atoms with Crippen molar-refractivity contribution in [2.24, 2.45) is 0 Å². The molecule has 1 amide bonds. The van der Waals surface area contributed by atoms with Crippen LogP contribution in [-0.2, 0) is 4.79 Å². The van der Waals surface area contributed by atoms with Crippen molar-refractivity contribution >= 4 is 32.6 Å². The number of carbonyl (C=O) groups excluding carboxylic acids is 1. The van der Waals surface area contributed by atoms with Gasteiger partial charge < -0.3 is 14.8 Å². The number of amides is 1. The Labute approximate surface area is 192 Å². The van der Waals surface area contributed by atoms with E-state index in [1.54, 1.807) is 0 Å². The summed E-state index contributed by atoms with van der Waals surface area (Å²) < 4.78 is 13.2. The summed E-state index contributed by atoms with van der Waals surface area (Å²) in [4.78, 5) is 11.3. The second kappa shape index (κ2) is 9.73. The Balaban J connectivity index is 1.46. The first-order chi connectivity index (χ1) is 15.0.